The predicted octanol–water partition coefficient (Wildman–Crippen LogP) is 0.673. The minimum Gasteiger partial charge on any atom is -0.494 e. The molecule has 0 saturated carbocycles. The van der Waals surface area contributed by atoms with Gasteiger partial charge in [-0.1, -0.05) is 0 Å². The zero-order valence-electron chi connectivity index (χ0n) is 11.6. The van der Waals surface area contributed by atoms with E-state index >= 15 is 0 Å². The average Bonchev–Trinajstić information content (AvgIpc) is 2.97. The maximum atomic E-state index is 5.30. The Balaban J connectivity index is 1.86. The van der Waals surface area contributed by atoms with Gasteiger partial charge in [-0.15, -0.1) is 5.10 Å². The Hall–Kier alpha value is -2.15. The summed E-state index contributed by atoms with van der Waals surface area (Å²) in [6.07, 6.45) is 3.39. The van der Waals surface area contributed by atoms with Crippen molar-refractivity contribution in [2.75, 3.05) is 31.6 Å². The molecule has 7 heteroatoms. The third-order valence-corrected chi connectivity index (χ3v) is 3.38. The lowest BCUT2D eigenvalue weighted by molar-refractivity contribution is 0.414. The van der Waals surface area contributed by atoms with Crippen molar-refractivity contribution in [2.45, 2.75) is 13.0 Å². The molecule has 3 rings (SSSR count). The maximum absolute atomic E-state index is 5.30. The van der Waals surface area contributed by atoms with Gasteiger partial charge in [-0.2, -0.15) is 4.98 Å². The third-order valence-electron chi connectivity index (χ3n) is 3.38. The van der Waals surface area contributed by atoms with Gasteiger partial charge >= 0.3 is 0 Å². The number of ether oxygens (including phenoxy) is 1. The lowest BCUT2D eigenvalue weighted by Crippen LogP contribution is -2.49. The van der Waals surface area contributed by atoms with Gasteiger partial charge < -0.3 is 15.0 Å². The molecule has 0 aromatic carbocycles. The van der Waals surface area contributed by atoms with E-state index in [0.29, 0.717) is 17.6 Å². The Morgan fingerprint density at radius 2 is 2.35 bits per heavy atom. The lowest BCUT2D eigenvalue weighted by Gasteiger charge is -2.30. The summed E-state index contributed by atoms with van der Waals surface area (Å²) in [5.74, 6) is 2.11. The number of piperazine rings is 1. The fraction of sp³-hybridized carbons (Fsp3) is 0.462. The monoisotopic (exact) mass is 274 g/mol. The summed E-state index contributed by atoms with van der Waals surface area (Å²) in [4.78, 5) is 10.8. The zero-order valence-corrected chi connectivity index (χ0v) is 11.6. The molecule has 0 aliphatic carbocycles. The molecule has 106 valence electrons. The quantitative estimate of drug-likeness (QED) is 0.856. The molecule has 1 aliphatic heterocycles. The van der Waals surface area contributed by atoms with Crippen LogP contribution in [0, 0.1) is 0 Å². The topological polar surface area (TPSA) is 79.0 Å². The maximum Gasteiger partial charge on any atom is 0.245 e. The molecular formula is C13H18N6O. The first-order valence-corrected chi connectivity index (χ1v) is 6.67. The molecule has 7 nitrogen and oxygen atoms in total. The normalized spacial score (nSPS) is 19.1. The van der Waals surface area contributed by atoms with Crippen LogP contribution in [0.15, 0.2) is 18.5 Å². The van der Waals surface area contributed by atoms with Gasteiger partial charge in [0.05, 0.1) is 18.9 Å². The van der Waals surface area contributed by atoms with Gasteiger partial charge in [0.25, 0.3) is 0 Å². The number of hydrogen-bond donors (Lipinski definition) is 2. The smallest absolute Gasteiger partial charge is 0.245 e. The van der Waals surface area contributed by atoms with Crippen LogP contribution in [0.5, 0.6) is 5.75 Å². The molecule has 0 spiro atoms. The van der Waals surface area contributed by atoms with Crippen molar-refractivity contribution in [2.24, 2.45) is 0 Å². The van der Waals surface area contributed by atoms with Gasteiger partial charge in [0.15, 0.2) is 5.82 Å². The summed E-state index contributed by atoms with van der Waals surface area (Å²) >= 11 is 0. The zero-order chi connectivity index (χ0) is 13.9. The second-order valence-electron chi connectivity index (χ2n) is 4.86. The molecule has 0 bridgehead atoms. The Kier molecular flexibility index (Phi) is 3.51. The lowest BCUT2D eigenvalue weighted by atomic mass is 10.2. The number of aromatic nitrogens is 4. The van der Waals surface area contributed by atoms with Crippen molar-refractivity contribution >= 4 is 5.95 Å². The summed E-state index contributed by atoms with van der Waals surface area (Å²) in [5.41, 5.74) is 0.865. The van der Waals surface area contributed by atoms with Crippen LogP contribution >= 0.6 is 0 Å². The van der Waals surface area contributed by atoms with E-state index in [1.165, 1.54) is 0 Å². The standard InChI is InChI=1S/C13H18N6O/c1-9-8-19(6-5-15-9)13-16-12(17-18-13)10-3-4-14-7-11(10)20-2/h3-4,7,9,15H,5-6,8H2,1-2H3,(H,16,17,18)/t9-/m1/s1. The SMILES string of the molecule is COc1cnccc1-c1nc(N2CCN[C@H](C)C2)n[nH]1. The van der Waals surface area contributed by atoms with Crippen LogP contribution in [-0.2, 0) is 0 Å². The molecule has 0 unspecified atom stereocenters. The van der Waals surface area contributed by atoms with Crippen molar-refractivity contribution in [3.05, 3.63) is 18.5 Å². The van der Waals surface area contributed by atoms with Gasteiger partial charge in [-0.05, 0) is 13.0 Å². The number of methoxy groups -OCH3 is 1. The van der Waals surface area contributed by atoms with Gasteiger partial charge in [0.1, 0.15) is 5.75 Å². The van der Waals surface area contributed by atoms with E-state index in [1.54, 1.807) is 19.5 Å². The van der Waals surface area contributed by atoms with Crippen LogP contribution in [0.4, 0.5) is 5.95 Å². The van der Waals surface area contributed by atoms with Crippen molar-refractivity contribution in [3.63, 3.8) is 0 Å². The predicted molar refractivity (Wildman–Crippen MR) is 75.8 cm³/mol. The Bertz CT molecular complexity index is 584. The Labute approximate surface area is 117 Å². The van der Waals surface area contributed by atoms with Crippen LogP contribution in [0.3, 0.4) is 0 Å². The van der Waals surface area contributed by atoms with Crippen molar-refractivity contribution < 1.29 is 4.74 Å². The minimum absolute atomic E-state index is 0.446. The molecule has 1 saturated heterocycles. The molecule has 2 N–H and O–H groups in total. The molecule has 0 amide bonds. The highest BCUT2D eigenvalue weighted by molar-refractivity contribution is 5.63. The molecule has 2 aromatic heterocycles. The summed E-state index contributed by atoms with van der Waals surface area (Å²) in [6.45, 7) is 4.93. The van der Waals surface area contributed by atoms with Gasteiger partial charge in [0, 0.05) is 31.9 Å². The summed E-state index contributed by atoms with van der Waals surface area (Å²) in [6, 6.07) is 2.31. The highest BCUT2D eigenvalue weighted by atomic mass is 16.5. The fourth-order valence-electron chi connectivity index (χ4n) is 2.37. The van der Waals surface area contributed by atoms with E-state index in [0.717, 1.165) is 31.1 Å². The molecule has 3 heterocycles. The third kappa shape index (κ3) is 2.44. The first-order valence-electron chi connectivity index (χ1n) is 6.67. The highest BCUT2D eigenvalue weighted by Crippen LogP contribution is 2.26. The first kappa shape index (κ1) is 12.9. The Morgan fingerprint density at radius 1 is 1.45 bits per heavy atom. The van der Waals surface area contributed by atoms with E-state index in [9.17, 15) is 0 Å². The van der Waals surface area contributed by atoms with Crippen molar-refractivity contribution in [1.82, 2.24) is 25.5 Å². The summed E-state index contributed by atoms with van der Waals surface area (Å²) < 4.78 is 5.30. The second kappa shape index (κ2) is 5.46. The molecule has 0 radical (unpaired) electrons. The number of H-pyrrole nitrogens is 1. The average molecular weight is 274 g/mol. The van der Waals surface area contributed by atoms with Crippen molar-refractivity contribution in [1.29, 1.82) is 0 Å². The number of anilines is 1. The van der Waals surface area contributed by atoms with Crippen LogP contribution < -0.4 is 15.0 Å². The van der Waals surface area contributed by atoms with E-state index in [4.69, 9.17) is 4.74 Å². The van der Waals surface area contributed by atoms with Gasteiger partial charge in [0.2, 0.25) is 5.95 Å². The highest BCUT2D eigenvalue weighted by Gasteiger charge is 2.20. The van der Waals surface area contributed by atoms with Crippen LogP contribution in [0.2, 0.25) is 0 Å². The number of nitrogens with zero attached hydrogens (tertiary/aromatic N) is 4. The molecule has 1 atom stereocenters. The molecule has 2 aromatic rings. The number of pyridine rings is 1. The van der Waals surface area contributed by atoms with Crippen molar-refractivity contribution in [3.8, 4) is 17.1 Å². The fourth-order valence-corrected chi connectivity index (χ4v) is 2.37. The van der Waals surface area contributed by atoms with E-state index in [2.05, 4.69) is 37.3 Å². The van der Waals surface area contributed by atoms with Gasteiger partial charge in [-0.25, -0.2) is 0 Å². The molecule has 1 aliphatic rings. The molecule has 20 heavy (non-hydrogen) atoms. The second-order valence-corrected chi connectivity index (χ2v) is 4.86. The van der Waals surface area contributed by atoms with Crippen LogP contribution in [-0.4, -0.2) is 53.0 Å². The Morgan fingerprint density at radius 3 is 3.15 bits per heavy atom. The largest absolute Gasteiger partial charge is 0.494 e. The summed E-state index contributed by atoms with van der Waals surface area (Å²) in [5, 5.41) is 10.7. The van der Waals surface area contributed by atoms with E-state index in [1.807, 2.05) is 6.07 Å². The van der Waals surface area contributed by atoms with E-state index < -0.39 is 0 Å². The van der Waals surface area contributed by atoms with E-state index in [-0.39, 0.29) is 0 Å². The molecular weight excluding hydrogens is 256 g/mol. The summed E-state index contributed by atoms with van der Waals surface area (Å²) in [7, 11) is 1.62. The number of nitrogens with one attached hydrogen (secondary N) is 2. The van der Waals surface area contributed by atoms with Crippen LogP contribution in [0.25, 0.3) is 11.4 Å². The number of aromatic amines is 1. The first-order chi connectivity index (χ1) is 9.78. The number of rotatable bonds is 3. The number of hydrogen-bond acceptors (Lipinski definition) is 6. The molecule has 1 fully saturated rings. The van der Waals surface area contributed by atoms with Crippen LogP contribution in [0.1, 0.15) is 6.92 Å². The van der Waals surface area contributed by atoms with Gasteiger partial charge in [-0.3, -0.25) is 10.1 Å². The minimum atomic E-state index is 0.446.